The Morgan fingerprint density at radius 1 is 1.11 bits per heavy atom. The fourth-order valence-corrected chi connectivity index (χ4v) is 3.53. The fourth-order valence-electron chi connectivity index (χ4n) is 3.53. The number of fused-ring (bicyclic) bond motifs is 1. The van der Waals surface area contributed by atoms with Gasteiger partial charge in [-0.15, -0.1) is 0 Å². The molecule has 0 unspecified atom stereocenters. The molecule has 0 saturated heterocycles. The number of amides is 1. The van der Waals surface area contributed by atoms with Gasteiger partial charge in [0.25, 0.3) is 5.91 Å². The third-order valence-electron chi connectivity index (χ3n) is 4.91. The maximum atomic E-state index is 12.8. The van der Waals surface area contributed by atoms with Gasteiger partial charge in [-0.05, 0) is 44.4 Å². The molecule has 0 fully saturated rings. The van der Waals surface area contributed by atoms with E-state index >= 15 is 0 Å². The minimum Gasteiger partial charge on any atom is -0.487 e. The van der Waals surface area contributed by atoms with Crippen molar-refractivity contribution in [3.05, 3.63) is 59.7 Å². The second kappa shape index (κ2) is 7.63. The van der Waals surface area contributed by atoms with Crippen molar-refractivity contribution in [3.63, 3.8) is 0 Å². The van der Waals surface area contributed by atoms with Crippen molar-refractivity contribution in [2.75, 3.05) is 0 Å². The molecule has 2 aromatic rings. The highest BCUT2D eigenvalue weighted by atomic mass is 16.5. The Kier molecular flexibility index (Phi) is 5.45. The average Bonchev–Trinajstić information content (AvgIpc) is 2.61. The van der Waals surface area contributed by atoms with Crippen LogP contribution in [0, 0.1) is 0 Å². The Balaban J connectivity index is 1.74. The van der Waals surface area contributed by atoms with Crippen LogP contribution in [0.1, 0.15) is 64.1 Å². The lowest BCUT2D eigenvalue weighted by atomic mass is 9.89. The zero-order valence-electron chi connectivity index (χ0n) is 16.8. The SMILES string of the molecule is CC(C)c1ccccc1O[C@H](C)C(=O)N[C@@H]1CC(C)(C)Oc2ccccc21. The van der Waals surface area contributed by atoms with Gasteiger partial charge in [0.15, 0.2) is 6.10 Å². The van der Waals surface area contributed by atoms with E-state index in [0.717, 1.165) is 22.6 Å². The van der Waals surface area contributed by atoms with Crippen LogP contribution in [0.2, 0.25) is 0 Å². The van der Waals surface area contributed by atoms with E-state index in [-0.39, 0.29) is 17.6 Å². The zero-order valence-corrected chi connectivity index (χ0v) is 16.8. The van der Waals surface area contributed by atoms with Gasteiger partial charge < -0.3 is 14.8 Å². The van der Waals surface area contributed by atoms with E-state index < -0.39 is 6.10 Å². The molecule has 144 valence electrons. The van der Waals surface area contributed by atoms with Crippen molar-refractivity contribution in [2.24, 2.45) is 0 Å². The molecule has 0 aliphatic carbocycles. The highest BCUT2D eigenvalue weighted by molar-refractivity contribution is 5.81. The molecule has 1 aliphatic rings. The average molecular weight is 367 g/mol. The zero-order chi connectivity index (χ0) is 19.6. The molecule has 0 spiro atoms. The summed E-state index contributed by atoms with van der Waals surface area (Å²) in [5, 5.41) is 3.16. The predicted octanol–water partition coefficient (Wildman–Crippen LogP) is 5.00. The number of para-hydroxylation sites is 2. The van der Waals surface area contributed by atoms with Crippen LogP contribution in [0.25, 0.3) is 0 Å². The largest absolute Gasteiger partial charge is 0.487 e. The van der Waals surface area contributed by atoms with Gasteiger partial charge in [-0.25, -0.2) is 0 Å². The summed E-state index contributed by atoms with van der Waals surface area (Å²) in [7, 11) is 0. The smallest absolute Gasteiger partial charge is 0.261 e. The summed E-state index contributed by atoms with van der Waals surface area (Å²) in [5.74, 6) is 1.81. The van der Waals surface area contributed by atoms with E-state index in [4.69, 9.17) is 9.47 Å². The molecule has 4 heteroatoms. The number of ether oxygens (including phenoxy) is 2. The molecule has 1 heterocycles. The first-order chi connectivity index (χ1) is 12.8. The van der Waals surface area contributed by atoms with Crippen molar-refractivity contribution >= 4 is 5.91 Å². The van der Waals surface area contributed by atoms with E-state index in [0.29, 0.717) is 12.3 Å². The molecule has 2 atom stereocenters. The van der Waals surface area contributed by atoms with Gasteiger partial charge in [-0.2, -0.15) is 0 Å². The van der Waals surface area contributed by atoms with Crippen LogP contribution in [0.4, 0.5) is 0 Å². The van der Waals surface area contributed by atoms with Crippen LogP contribution in [-0.4, -0.2) is 17.6 Å². The van der Waals surface area contributed by atoms with E-state index in [9.17, 15) is 4.79 Å². The molecule has 0 bridgehead atoms. The first-order valence-electron chi connectivity index (χ1n) is 9.61. The van der Waals surface area contributed by atoms with Crippen LogP contribution in [0.15, 0.2) is 48.5 Å². The summed E-state index contributed by atoms with van der Waals surface area (Å²) < 4.78 is 12.1. The molecule has 27 heavy (non-hydrogen) atoms. The molecule has 0 aromatic heterocycles. The van der Waals surface area contributed by atoms with Gasteiger partial charge >= 0.3 is 0 Å². The minimum absolute atomic E-state index is 0.0937. The highest BCUT2D eigenvalue weighted by Crippen LogP contribution is 2.39. The summed E-state index contributed by atoms with van der Waals surface area (Å²) >= 11 is 0. The number of hydrogen-bond donors (Lipinski definition) is 1. The first kappa shape index (κ1) is 19.3. The summed E-state index contributed by atoms with van der Waals surface area (Å²) in [6.07, 6.45) is 0.133. The normalized spacial score (nSPS) is 19.0. The molecule has 0 radical (unpaired) electrons. The lowest BCUT2D eigenvalue weighted by molar-refractivity contribution is -0.128. The van der Waals surface area contributed by atoms with Crippen LogP contribution in [0.5, 0.6) is 11.5 Å². The molecule has 2 aromatic carbocycles. The van der Waals surface area contributed by atoms with E-state index in [1.165, 1.54) is 0 Å². The molecule has 1 N–H and O–H groups in total. The monoisotopic (exact) mass is 367 g/mol. The Morgan fingerprint density at radius 3 is 2.52 bits per heavy atom. The van der Waals surface area contributed by atoms with Crippen molar-refractivity contribution in [2.45, 2.75) is 64.7 Å². The van der Waals surface area contributed by atoms with Gasteiger partial charge in [0.1, 0.15) is 17.1 Å². The minimum atomic E-state index is -0.581. The summed E-state index contributed by atoms with van der Waals surface area (Å²) in [6.45, 7) is 10.1. The second-order valence-corrected chi connectivity index (χ2v) is 8.12. The molecular weight excluding hydrogens is 338 g/mol. The van der Waals surface area contributed by atoms with Crippen LogP contribution < -0.4 is 14.8 Å². The Bertz CT molecular complexity index is 813. The number of nitrogens with one attached hydrogen (secondary N) is 1. The van der Waals surface area contributed by atoms with Gasteiger partial charge in [0, 0.05) is 12.0 Å². The van der Waals surface area contributed by atoms with Crippen LogP contribution in [0.3, 0.4) is 0 Å². The molecular formula is C23H29NO3. The first-order valence-corrected chi connectivity index (χ1v) is 9.61. The number of carbonyl (C=O) groups excluding carboxylic acids is 1. The molecule has 1 amide bonds. The van der Waals surface area contributed by atoms with Crippen molar-refractivity contribution in [1.29, 1.82) is 0 Å². The number of carbonyl (C=O) groups is 1. The maximum absolute atomic E-state index is 12.8. The van der Waals surface area contributed by atoms with E-state index in [2.05, 4.69) is 19.2 Å². The van der Waals surface area contributed by atoms with Crippen molar-refractivity contribution in [1.82, 2.24) is 5.32 Å². The maximum Gasteiger partial charge on any atom is 0.261 e. The quantitative estimate of drug-likeness (QED) is 0.809. The number of benzene rings is 2. The fraction of sp³-hybridized carbons (Fsp3) is 0.435. The lowest BCUT2D eigenvalue weighted by Gasteiger charge is -2.38. The summed E-state index contributed by atoms with van der Waals surface area (Å²) in [6, 6.07) is 15.7. The summed E-state index contributed by atoms with van der Waals surface area (Å²) in [5.41, 5.74) is 1.79. The number of rotatable bonds is 5. The molecule has 0 saturated carbocycles. The third kappa shape index (κ3) is 4.44. The van der Waals surface area contributed by atoms with Gasteiger partial charge in [0.2, 0.25) is 0 Å². The molecule has 3 rings (SSSR count). The Labute approximate surface area is 161 Å². The van der Waals surface area contributed by atoms with Crippen LogP contribution in [-0.2, 0) is 4.79 Å². The standard InChI is InChI=1S/C23H29NO3/c1-15(2)17-10-6-8-12-20(17)26-16(3)22(25)24-19-14-23(4,5)27-21-13-9-7-11-18(19)21/h6-13,15-16,19H,14H2,1-5H3,(H,24,25)/t16-,19-/m1/s1. The van der Waals surface area contributed by atoms with Crippen LogP contribution >= 0.6 is 0 Å². The van der Waals surface area contributed by atoms with Gasteiger partial charge in [0.05, 0.1) is 6.04 Å². The topological polar surface area (TPSA) is 47.6 Å². The van der Waals surface area contributed by atoms with Crippen molar-refractivity contribution < 1.29 is 14.3 Å². The Morgan fingerprint density at radius 2 is 1.78 bits per heavy atom. The molecule has 1 aliphatic heterocycles. The summed E-state index contributed by atoms with van der Waals surface area (Å²) in [4.78, 5) is 12.8. The highest BCUT2D eigenvalue weighted by Gasteiger charge is 2.35. The predicted molar refractivity (Wildman–Crippen MR) is 107 cm³/mol. The van der Waals surface area contributed by atoms with E-state index in [1.54, 1.807) is 6.92 Å². The lowest BCUT2D eigenvalue weighted by Crippen LogP contribution is -2.44. The van der Waals surface area contributed by atoms with Crippen molar-refractivity contribution in [3.8, 4) is 11.5 Å². The molecule has 4 nitrogen and oxygen atoms in total. The second-order valence-electron chi connectivity index (χ2n) is 8.12. The number of hydrogen-bond acceptors (Lipinski definition) is 3. The van der Waals surface area contributed by atoms with E-state index in [1.807, 2.05) is 62.4 Å². The van der Waals surface area contributed by atoms with Gasteiger partial charge in [-0.1, -0.05) is 50.2 Å². The van der Waals surface area contributed by atoms with Gasteiger partial charge in [-0.3, -0.25) is 4.79 Å². The Hall–Kier alpha value is -2.49. The third-order valence-corrected chi connectivity index (χ3v) is 4.91.